The van der Waals surface area contributed by atoms with Crippen LogP contribution in [0.4, 0.5) is 0 Å². The fraction of sp³-hybridized carbons (Fsp3) is 0.774. The van der Waals surface area contributed by atoms with Crippen LogP contribution in [0.25, 0.3) is 0 Å². The fourth-order valence-electron chi connectivity index (χ4n) is 7.55. The van der Waals surface area contributed by atoms with Gasteiger partial charge < -0.3 is 34.3 Å². The lowest BCUT2D eigenvalue weighted by molar-refractivity contribution is -0.297. The van der Waals surface area contributed by atoms with Crippen LogP contribution in [0.5, 0.6) is 0 Å². The van der Waals surface area contributed by atoms with Gasteiger partial charge >= 0.3 is 11.9 Å². The molecule has 0 aromatic rings. The van der Waals surface area contributed by atoms with Gasteiger partial charge in [0, 0.05) is 12.8 Å². The van der Waals surface area contributed by atoms with Crippen molar-refractivity contribution in [3.05, 3.63) is 60.8 Å². The van der Waals surface area contributed by atoms with Gasteiger partial charge in [-0.3, -0.25) is 14.1 Å². The number of rotatable bonds is 43. The molecule has 6 atom stereocenters. The number of carbonyl (C=O) groups excluding carboxylic acids is 2. The Labute approximate surface area is 400 Å². The lowest BCUT2D eigenvalue weighted by atomic mass is 10.00. The van der Waals surface area contributed by atoms with E-state index in [4.69, 9.17) is 18.9 Å². The number of hydrogen-bond acceptors (Lipinski definition) is 11. The summed E-state index contributed by atoms with van der Waals surface area (Å²) in [6.07, 6.45) is 44.1. The number of ether oxygens (including phenoxy) is 4. The summed E-state index contributed by atoms with van der Waals surface area (Å²) >= 11 is 0. The molecule has 1 heterocycles. The maximum atomic E-state index is 12.9. The van der Waals surface area contributed by atoms with Gasteiger partial charge in [-0.25, -0.2) is 0 Å². The van der Waals surface area contributed by atoms with Gasteiger partial charge in [0.2, 0.25) is 0 Å². The van der Waals surface area contributed by atoms with E-state index in [2.05, 4.69) is 68.5 Å². The van der Waals surface area contributed by atoms with Crippen LogP contribution in [0.1, 0.15) is 206 Å². The number of allylic oxidation sites excluding steroid dienone is 10. The highest BCUT2D eigenvalue weighted by Gasteiger charge is 2.46. The van der Waals surface area contributed by atoms with Gasteiger partial charge in [-0.15, -0.1) is 0 Å². The maximum absolute atomic E-state index is 12.9. The molecule has 0 radical (unpaired) electrons. The van der Waals surface area contributed by atoms with Crippen LogP contribution in [0.3, 0.4) is 0 Å². The third-order valence-corrected chi connectivity index (χ3v) is 12.3. The summed E-state index contributed by atoms with van der Waals surface area (Å²) in [4.78, 5) is 25.5. The van der Waals surface area contributed by atoms with E-state index in [1.807, 2.05) is 6.08 Å². The van der Waals surface area contributed by atoms with E-state index in [1.54, 1.807) is 0 Å². The van der Waals surface area contributed by atoms with Crippen LogP contribution in [-0.4, -0.2) is 96.0 Å². The minimum atomic E-state index is -4.61. The second kappa shape index (κ2) is 42.5. The zero-order chi connectivity index (χ0) is 48.4. The molecule has 1 aliphatic heterocycles. The molecule has 13 heteroatoms. The molecule has 1 rings (SSSR count). The van der Waals surface area contributed by atoms with E-state index in [0.717, 1.165) is 57.8 Å². The van der Waals surface area contributed by atoms with Crippen molar-refractivity contribution in [2.45, 2.75) is 243 Å². The highest BCUT2D eigenvalue weighted by molar-refractivity contribution is 7.85. The van der Waals surface area contributed by atoms with Gasteiger partial charge in [-0.05, 0) is 77.0 Å². The Hall–Kier alpha value is -2.65. The summed E-state index contributed by atoms with van der Waals surface area (Å²) in [5.74, 6) is -2.06. The lowest BCUT2D eigenvalue weighted by Crippen LogP contribution is -2.60. The normalized spacial score (nSPS) is 19.9. The zero-order valence-electron chi connectivity index (χ0n) is 41.0. The topological polar surface area (TPSA) is 186 Å². The molecule has 0 bridgehead atoms. The van der Waals surface area contributed by atoms with Crippen LogP contribution >= 0.6 is 0 Å². The lowest BCUT2D eigenvalue weighted by Gasteiger charge is -2.40. The van der Waals surface area contributed by atoms with E-state index >= 15 is 0 Å². The first kappa shape index (κ1) is 61.4. The van der Waals surface area contributed by atoms with Gasteiger partial charge in [0.1, 0.15) is 36.8 Å². The number of aliphatic hydroxyl groups is 3. The molecular formula is C53H92O12S. The Morgan fingerprint density at radius 2 is 0.924 bits per heavy atom. The molecule has 0 amide bonds. The van der Waals surface area contributed by atoms with Crippen LogP contribution in [-0.2, 0) is 38.7 Å². The molecule has 1 fully saturated rings. The van der Waals surface area contributed by atoms with Crippen LogP contribution < -0.4 is 0 Å². The van der Waals surface area contributed by atoms with Crippen molar-refractivity contribution >= 4 is 22.1 Å². The van der Waals surface area contributed by atoms with Gasteiger partial charge in [-0.1, -0.05) is 177 Å². The first-order chi connectivity index (χ1) is 32.0. The first-order valence-electron chi connectivity index (χ1n) is 25.8. The average molecular weight is 953 g/mol. The van der Waals surface area contributed by atoms with Crippen molar-refractivity contribution in [1.82, 2.24) is 0 Å². The second-order valence-corrected chi connectivity index (χ2v) is 19.3. The molecule has 0 saturated carbocycles. The molecule has 4 N–H and O–H groups in total. The molecule has 0 spiro atoms. The van der Waals surface area contributed by atoms with Crippen molar-refractivity contribution in [2.75, 3.05) is 19.0 Å². The fourth-order valence-corrected chi connectivity index (χ4v) is 8.24. The van der Waals surface area contributed by atoms with Crippen molar-refractivity contribution in [2.24, 2.45) is 0 Å². The van der Waals surface area contributed by atoms with Gasteiger partial charge in [0.05, 0.1) is 6.61 Å². The number of hydrogen-bond donors (Lipinski definition) is 4. The molecule has 1 aliphatic rings. The quantitative estimate of drug-likeness (QED) is 0.0196. The average Bonchev–Trinajstić information content (AvgIpc) is 3.28. The van der Waals surface area contributed by atoms with Crippen LogP contribution in [0.2, 0.25) is 0 Å². The summed E-state index contributed by atoms with van der Waals surface area (Å²) in [5.41, 5.74) is 0. The molecule has 0 aliphatic carbocycles. The van der Waals surface area contributed by atoms with E-state index < -0.39 is 71.2 Å². The van der Waals surface area contributed by atoms with Crippen LogP contribution in [0.15, 0.2) is 60.8 Å². The summed E-state index contributed by atoms with van der Waals surface area (Å²) < 4.78 is 54.2. The minimum absolute atomic E-state index is 0.141. The number of unbranched alkanes of at least 4 members (excludes halogenated alkanes) is 21. The first-order valence-corrected chi connectivity index (χ1v) is 27.5. The Balaban J connectivity index is 2.43. The Bertz CT molecular complexity index is 1440. The van der Waals surface area contributed by atoms with E-state index in [0.29, 0.717) is 19.3 Å². The molecule has 0 aromatic carbocycles. The highest BCUT2D eigenvalue weighted by Crippen LogP contribution is 2.24. The number of esters is 2. The summed E-state index contributed by atoms with van der Waals surface area (Å²) in [7, 11) is -4.61. The second-order valence-electron chi connectivity index (χ2n) is 17.8. The maximum Gasteiger partial charge on any atom is 0.306 e. The third kappa shape index (κ3) is 36.4. The minimum Gasteiger partial charge on any atom is -0.462 e. The molecule has 2 unspecified atom stereocenters. The Morgan fingerprint density at radius 1 is 0.515 bits per heavy atom. The van der Waals surface area contributed by atoms with E-state index in [1.165, 1.54) is 103 Å². The molecule has 0 aromatic heterocycles. The SMILES string of the molecule is CCCCCCCC/C=C/CCCCCCCCCC(=O)O[C@H](COC(=O)CCC/C=C/C/C=C/C/C=C/C/C=C/CCCCCCCCC)CO[C@H]1O[C@H](CS(=O)(=O)O)[C@@H](O)C(O)C1O. The van der Waals surface area contributed by atoms with Crippen molar-refractivity contribution < 1.29 is 56.8 Å². The molecule has 12 nitrogen and oxygen atoms in total. The predicted octanol–water partition coefficient (Wildman–Crippen LogP) is 11.7. The van der Waals surface area contributed by atoms with Gasteiger partial charge in [0.15, 0.2) is 12.4 Å². The van der Waals surface area contributed by atoms with Crippen molar-refractivity contribution in [1.29, 1.82) is 0 Å². The predicted molar refractivity (Wildman–Crippen MR) is 265 cm³/mol. The molecule has 382 valence electrons. The van der Waals surface area contributed by atoms with Gasteiger partial charge in [-0.2, -0.15) is 8.42 Å². The molecular weight excluding hydrogens is 861 g/mol. The largest absolute Gasteiger partial charge is 0.462 e. The van der Waals surface area contributed by atoms with Crippen molar-refractivity contribution in [3.63, 3.8) is 0 Å². The monoisotopic (exact) mass is 953 g/mol. The molecule has 1 saturated heterocycles. The third-order valence-electron chi connectivity index (χ3n) is 11.6. The Kier molecular flexibility index (Phi) is 39.5. The highest BCUT2D eigenvalue weighted by atomic mass is 32.2. The van der Waals surface area contributed by atoms with Crippen LogP contribution in [0, 0.1) is 0 Å². The standard InChI is InChI=1S/C53H92O12S/c1-3-5-7-9-11-13-15-17-19-21-22-23-24-26-27-29-31-33-35-37-39-41-48(54)62-43-46(44-63-53-52(58)51(57)50(56)47(65-53)45-66(59,60)61)64-49(55)42-40-38-36-34-32-30-28-25-20-18-16-14-12-10-8-6-4-2/h18-21,23-24,27,29,33,35,46-47,50-53,56-58H,3-17,22,25-26,28,30-32,34,36-45H2,1-2H3,(H,59,60,61)/b20-18+,21-19+,24-23+,29-27+,35-33+/t46-,47-,50-,51?,52?,53+/m1/s1. The summed E-state index contributed by atoms with van der Waals surface area (Å²) in [5, 5.41) is 31.0. The smallest absolute Gasteiger partial charge is 0.306 e. The molecule has 66 heavy (non-hydrogen) atoms. The summed E-state index contributed by atoms with van der Waals surface area (Å²) in [6.45, 7) is 3.72. The Morgan fingerprint density at radius 3 is 1.41 bits per heavy atom. The van der Waals surface area contributed by atoms with E-state index in [9.17, 15) is 37.9 Å². The number of carbonyl (C=O) groups is 2. The number of aliphatic hydroxyl groups excluding tert-OH is 3. The van der Waals surface area contributed by atoms with Gasteiger partial charge in [0.25, 0.3) is 10.1 Å². The van der Waals surface area contributed by atoms with Crippen molar-refractivity contribution in [3.8, 4) is 0 Å². The zero-order valence-corrected chi connectivity index (χ0v) is 41.9. The van der Waals surface area contributed by atoms with E-state index in [-0.39, 0.29) is 19.4 Å². The summed E-state index contributed by atoms with van der Waals surface area (Å²) in [6, 6.07) is 0.